The van der Waals surface area contributed by atoms with Gasteiger partial charge in [0.05, 0.1) is 7.11 Å². The Balaban J connectivity index is 0.00000169. The summed E-state index contributed by atoms with van der Waals surface area (Å²) in [6, 6.07) is 8.57. The first-order valence-corrected chi connectivity index (χ1v) is 3.92. The van der Waals surface area contributed by atoms with E-state index in [0.717, 1.165) is 12.0 Å². The van der Waals surface area contributed by atoms with E-state index < -0.39 is 0 Å². The van der Waals surface area contributed by atoms with E-state index in [0.29, 0.717) is 12.3 Å². The van der Waals surface area contributed by atoms with Crippen LogP contribution < -0.4 is 23.6 Å². The third-order valence-electron chi connectivity index (χ3n) is 1.63. The minimum absolute atomic E-state index is 0. The zero-order valence-corrected chi connectivity index (χ0v) is 8.40. The van der Waals surface area contributed by atoms with Crippen LogP contribution in [0.2, 0.25) is 0 Å². The Hall–Kier alpha value is -1.07. The van der Waals surface area contributed by atoms with Gasteiger partial charge >= 0.3 is 18.9 Å². The van der Waals surface area contributed by atoms with Crippen molar-refractivity contribution in [2.75, 3.05) is 13.7 Å². The number of hydrogen-bond donors (Lipinski definition) is 0. The molecule has 14 heavy (non-hydrogen) atoms. The summed E-state index contributed by atoms with van der Waals surface area (Å²) in [5.41, 5.74) is 9.15. The number of benzene rings is 1. The van der Waals surface area contributed by atoms with Crippen LogP contribution in [0, 0.1) is 6.07 Å². The van der Waals surface area contributed by atoms with E-state index in [-0.39, 0.29) is 18.9 Å². The summed E-state index contributed by atoms with van der Waals surface area (Å²) < 4.78 is 4.96. The van der Waals surface area contributed by atoms with Crippen LogP contribution in [-0.4, -0.2) is 13.7 Å². The molecule has 0 amide bonds. The molecule has 0 saturated carbocycles. The average molecular weight is 183 g/mol. The van der Waals surface area contributed by atoms with Crippen molar-refractivity contribution in [2.45, 2.75) is 6.42 Å². The monoisotopic (exact) mass is 183 g/mol. The van der Waals surface area contributed by atoms with E-state index in [2.05, 4.69) is 16.1 Å². The summed E-state index contributed by atoms with van der Waals surface area (Å²) in [5.74, 6) is 0.715. The fraction of sp³-hybridized carbons (Fsp3) is 0.333. The summed E-state index contributed by atoms with van der Waals surface area (Å²) in [7, 11) is 1.60. The Kier molecular flexibility index (Phi) is 6.78. The van der Waals surface area contributed by atoms with Crippen molar-refractivity contribution in [3.63, 3.8) is 0 Å². The van der Waals surface area contributed by atoms with Crippen LogP contribution in [0.4, 0.5) is 0 Å². The van der Waals surface area contributed by atoms with Crippen molar-refractivity contribution in [3.8, 4) is 5.75 Å². The minimum Gasteiger partial charge on any atom is -0.523 e. The quantitative estimate of drug-likeness (QED) is 0.201. The van der Waals surface area contributed by atoms with Crippen LogP contribution >= 0.6 is 0 Å². The van der Waals surface area contributed by atoms with Crippen LogP contribution in [-0.2, 0) is 6.42 Å². The molecular formula is C9H10LiN3O. The predicted octanol–water partition coefficient (Wildman–Crippen LogP) is -0.648. The molecule has 0 unspecified atom stereocenters. The third-order valence-corrected chi connectivity index (χ3v) is 1.63. The Labute approximate surface area is 95.1 Å². The minimum atomic E-state index is 0. The molecular weight excluding hydrogens is 173 g/mol. The van der Waals surface area contributed by atoms with Gasteiger partial charge in [-0.2, -0.15) is 17.7 Å². The molecule has 0 spiro atoms. The van der Waals surface area contributed by atoms with Gasteiger partial charge in [0.15, 0.2) is 0 Å². The second-order valence-corrected chi connectivity index (χ2v) is 2.47. The van der Waals surface area contributed by atoms with E-state index in [1.165, 1.54) is 0 Å². The second kappa shape index (κ2) is 7.34. The van der Waals surface area contributed by atoms with Crippen LogP contribution in [0.1, 0.15) is 5.56 Å². The SMILES string of the molecule is COc1[c-]cc(CCN=[N+]=[N-])cc1.[Li+]. The predicted molar refractivity (Wildman–Crippen MR) is 49.5 cm³/mol. The molecule has 0 bridgehead atoms. The van der Waals surface area contributed by atoms with Crippen molar-refractivity contribution in [2.24, 2.45) is 5.11 Å². The topological polar surface area (TPSA) is 58.0 Å². The first-order chi connectivity index (χ1) is 6.36. The van der Waals surface area contributed by atoms with Gasteiger partial charge in [-0.25, -0.2) is 0 Å². The van der Waals surface area contributed by atoms with Gasteiger partial charge in [-0.3, -0.25) is 0 Å². The normalized spacial score (nSPS) is 8.36. The van der Waals surface area contributed by atoms with Gasteiger partial charge in [0, 0.05) is 17.2 Å². The van der Waals surface area contributed by atoms with Gasteiger partial charge in [0.1, 0.15) is 0 Å². The number of methoxy groups -OCH3 is 1. The van der Waals surface area contributed by atoms with Gasteiger partial charge < -0.3 is 4.74 Å². The van der Waals surface area contributed by atoms with Crippen LogP contribution in [0.5, 0.6) is 5.75 Å². The number of hydrogen-bond acceptors (Lipinski definition) is 2. The van der Waals surface area contributed by atoms with Gasteiger partial charge in [-0.05, 0) is 5.53 Å². The Morgan fingerprint density at radius 3 is 2.86 bits per heavy atom. The number of azide groups is 1. The zero-order valence-electron chi connectivity index (χ0n) is 8.40. The summed E-state index contributed by atoms with van der Waals surface area (Å²) in [4.78, 5) is 2.67. The smallest absolute Gasteiger partial charge is 0.523 e. The summed E-state index contributed by atoms with van der Waals surface area (Å²) in [6.45, 7) is 0.483. The molecule has 5 heteroatoms. The van der Waals surface area contributed by atoms with Crippen LogP contribution in [0.3, 0.4) is 0 Å². The summed E-state index contributed by atoms with van der Waals surface area (Å²) in [6.07, 6.45) is 0.741. The van der Waals surface area contributed by atoms with Crippen LogP contribution in [0.15, 0.2) is 23.3 Å². The Morgan fingerprint density at radius 2 is 2.36 bits per heavy atom. The molecule has 0 heterocycles. The fourth-order valence-corrected chi connectivity index (χ4v) is 0.949. The molecule has 0 radical (unpaired) electrons. The van der Waals surface area contributed by atoms with E-state index in [1.54, 1.807) is 7.11 Å². The number of nitrogens with zero attached hydrogens (tertiary/aromatic N) is 3. The molecule has 4 nitrogen and oxygen atoms in total. The first kappa shape index (κ1) is 12.9. The maximum absolute atomic E-state index is 8.06. The first-order valence-electron chi connectivity index (χ1n) is 3.92. The fourth-order valence-electron chi connectivity index (χ4n) is 0.949. The summed E-state index contributed by atoms with van der Waals surface area (Å²) >= 11 is 0. The number of ether oxygens (including phenoxy) is 1. The molecule has 0 saturated heterocycles. The van der Waals surface area contributed by atoms with Crippen molar-refractivity contribution < 1.29 is 23.6 Å². The molecule has 0 aliphatic heterocycles. The van der Waals surface area contributed by atoms with Crippen LogP contribution in [0.25, 0.3) is 10.4 Å². The maximum Gasteiger partial charge on any atom is 1.00 e. The van der Waals surface area contributed by atoms with Gasteiger partial charge in [-0.15, -0.1) is 12.1 Å². The largest absolute Gasteiger partial charge is 1.00 e. The molecule has 0 fully saturated rings. The van der Waals surface area contributed by atoms with E-state index >= 15 is 0 Å². The van der Waals surface area contributed by atoms with Crippen molar-refractivity contribution in [3.05, 3.63) is 40.3 Å². The molecule has 0 atom stereocenters. The third kappa shape index (κ3) is 4.25. The van der Waals surface area contributed by atoms with Gasteiger partial charge in [-0.1, -0.05) is 11.5 Å². The molecule has 0 aliphatic carbocycles. The van der Waals surface area contributed by atoms with Gasteiger partial charge in [0.25, 0.3) is 0 Å². The van der Waals surface area contributed by atoms with E-state index in [4.69, 9.17) is 10.3 Å². The molecule has 0 aliphatic rings. The molecule has 68 valence electrons. The summed E-state index contributed by atoms with van der Waals surface area (Å²) in [5, 5.41) is 3.45. The maximum atomic E-state index is 8.06. The molecule has 0 N–H and O–H groups in total. The Bertz CT molecular complexity index is 306. The van der Waals surface area contributed by atoms with Crippen molar-refractivity contribution in [1.29, 1.82) is 0 Å². The van der Waals surface area contributed by atoms with E-state index in [9.17, 15) is 0 Å². The van der Waals surface area contributed by atoms with Crippen molar-refractivity contribution >= 4 is 0 Å². The molecule has 1 rings (SSSR count). The Morgan fingerprint density at radius 1 is 1.57 bits per heavy atom. The van der Waals surface area contributed by atoms with E-state index in [1.807, 2.05) is 18.2 Å². The molecule has 0 aromatic heterocycles. The second-order valence-electron chi connectivity index (χ2n) is 2.47. The van der Waals surface area contributed by atoms with Crippen molar-refractivity contribution in [1.82, 2.24) is 0 Å². The molecule has 1 aromatic rings. The van der Waals surface area contributed by atoms with Gasteiger partial charge in [0.2, 0.25) is 0 Å². The zero-order chi connectivity index (χ0) is 9.52. The standard InChI is InChI=1S/C9H10N3O.Li/c1-13-9-4-2-8(3-5-9)6-7-11-12-10;/h2-4H,6-7H2,1H3;/q-1;+1. The molecule has 1 aromatic carbocycles. The number of rotatable bonds is 4. The average Bonchev–Trinajstić information content (AvgIpc) is 2.19.